The molecule has 224 valence electrons. The second-order valence-electron chi connectivity index (χ2n) is 12.8. The Morgan fingerprint density at radius 3 is 2.14 bits per heavy atom. The number of benzene rings is 3. The lowest BCUT2D eigenvalue weighted by Crippen LogP contribution is -2.45. The average molecular weight is 584 g/mol. The molecule has 2 heterocycles. The van der Waals surface area contributed by atoms with Crippen LogP contribution >= 0.6 is 0 Å². The van der Waals surface area contributed by atoms with E-state index < -0.39 is 23.1 Å². The Bertz CT molecular complexity index is 1500. The van der Waals surface area contributed by atoms with E-state index >= 15 is 0 Å². The molecule has 9 heteroatoms. The number of aromatic carboxylic acids is 1. The Hall–Kier alpha value is -4.53. The minimum Gasteiger partial charge on any atom is -0.478 e. The zero-order valence-corrected chi connectivity index (χ0v) is 24.7. The first-order valence-corrected chi connectivity index (χ1v) is 14.7. The minimum atomic E-state index is -0.971. The number of hydrogen-bond donors (Lipinski definition) is 2. The molecule has 6 rings (SSSR count). The van der Waals surface area contributed by atoms with Crippen molar-refractivity contribution in [3.63, 3.8) is 0 Å². The third-order valence-electron chi connectivity index (χ3n) is 8.82. The highest BCUT2D eigenvalue weighted by atomic mass is 16.6. The van der Waals surface area contributed by atoms with E-state index in [1.165, 1.54) is 11.1 Å². The number of nitrogens with zero attached hydrogens (tertiary/aromatic N) is 2. The predicted molar refractivity (Wildman–Crippen MR) is 162 cm³/mol. The van der Waals surface area contributed by atoms with Crippen LogP contribution < -0.4 is 10.2 Å². The molecule has 43 heavy (non-hydrogen) atoms. The van der Waals surface area contributed by atoms with Gasteiger partial charge in [-0.1, -0.05) is 48.5 Å². The Balaban J connectivity index is 1.15. The summed E-state index contributed by atoms with van der Waals surface area (Å²) in [7, 11) is 0. The third kappa shape index (κ3) is 5.63. The van der Waals surface area contributed by atoms with Crippen molar-refractivity contribution in [3.8, 4) is 11.1 Å². The SMILES string of the molecule is CC(C)(C)OC(=O)N1C[C@H]2CN(c3ccc(C(=O)O)cc3)C[C@@]2(CNC(=O)OCC2c3ccccc3-c3ccccc32)C1. The topological polar surface area (TPSA) is 108 Å². The van der Waals surface area contributed by atoms with Crippen LogP contribution in [-0.2, 0) is 9.47 Å². The molecular weight excluding hydrogens is 546 g/mol. The van der Waals surface area contributed by atoms with E-state index in [0.29, 0.717) is 32.7 Å². The molecule has 2 amide bonds. The van der Waals surface area contributed by atoms with Crippen LogP contribution in [0.1, 0.15) is 48.2 Å². The summed E-state index contributed by atoms with van der Waals surface area (Å²) in [4.78, 5) is 41.4. The van der Waals surface area contributed by atoms with Crippen molar-refractivity contribution in [3.05, 3.63) is 89.5 Å². The molecular formula is C34H37N3O6. The van der Waals surface area contributed by atoms with E-state index in [-0.39, 0.29) is 30.1 Å². The molecule has 2 N–H and O–H groups in total. The summed E-state index contributed by atoms with van der Waals surface area (Å²) in [5.74, 6) is -0.927. The van der Waals surface area contributed by atoms with Crippen molar-refractivity contribution < 1.29 is 29.0 Å². The van der Waals surface area contributed by atoms with Crippen molar-refractivity contribution in [2.24, 2.45) is 11.3 Å². The van der Waals surface area contributed by atoms with Gasteiger partial charge >= 0.3 is 18.2 Å². The second-order valence-corrected chi connectivity index (χ2v) is 12.8. The number of likely N-dealkylation sites (tertiary alicyclic amines) is 1. The van der Waals surface area contributed by atoms with Crippen LogP contribution in [0.4, 0.5) is 15.3 Å². The summed E-state index contributed by atoms with van der Waals surface area (Å²) in [5.41, 5.74) is 4.75. The van der Waals surface area contributed by atoms with Gasteiger partial charge in [-0.2, -0.15) is 0 Å². The lowest BCUT2D eigenvalue weighted by atomic mass is 9.81. The highest BCUT2D eigenvalue weighted by molar-refractivity contribution is 5.88. The van der Waals surface area contributed by atoms with E-state index in [4.69, 9.17) is 9.47 Å². The van der Waals surface area contributed by atoms with Crippen LogP contribution in [0, 0.1) is 11.3 Å². The van der Waals surface area contributed by atoms with Gasteiger partial charge in [0.25, 0.3) is 0 Å². The smallest absolute Gasteiger partial charge is 0.410 e. The van der Waals surface area contributed by atoms with Crippen LogP contribution in [0.5, 0.6) is 0 Å². The van der Waals surface area contributed by atoms with Crippen LogP contribution in [0.3, 0.4) is 0 Å². The number of amides is 2. The summed E-state index contributed by atoms with van der Waals surface area (Å²) in [6.07, 6.45) is -0.852. The van der Waals surface area contributed by atoms with Crippen LogP contribution in [0.25, 0.3) is 11.1 Å². The first kappa shape index (κ1) is 28.6. The van der Waals surface area contributed by atoms with E-state index in [9.17, 15) is 19.5 Å². The quantitative estimate of drug-likeness (QED) is 0.389. The molecule has 2 atom stereocenters. The normalized spacial score (nSPS) is 20.8. The minimum absolute atomic E-state index is 0.0334. The number of fused-ring (bicyclic) bond motifs is 4. The second kappa shape index (κ2) is 10.9. The standard InChI is InChI=1S/C34H37N3O6/c1-33(2,3)43-32(41)37-17-23-16-36(24-14-12-22(13-15-24)30(38)39)20-34(23,21-37)19-35-31(40)42-18-29-27-10-6-4-8-25(27)26-9-5-7-11-28(26)29/h4-15,23,29H,16-21H2,1-3H3,(H,35,40)(H,38,39)/t23-,34+/m1/s1. The number of alkyl carbamates (subject to hydrolysis) is 1. The largest absolute Gasteiger partial charge is 0.478 e. The van der Waals surface area contributed by atoms with Gasteiger partial charge in [-0.25, -0.2) is 14.4 Å². The van der Waals surface area contributed by atoms with Crippen molar-refractivity contribution in [2.45, 2.75) is 32.3 Å². The van der Waals surface area contributed by atoms with Gasteiger partial charge in [0.2, 0.25) is 0 Å². The monoisotopic (exact) mass is 583 g/mol. The Kier molecular flexibility index (Phi) is 7.28. The molecule has 0 unspecified atom stereocenters. The summed E-state index contributed by atoms with van der Waals surface area (Å²) in [5, 5.41) is 12.3. The number of carboxylic acids is 1. The van der Waals surface area contributed by atoms with Gasteiger partial charge in [-0.15, -0.1) is 0 Å². The van der Waals surface area contributed by atoms with Crippen molar-refractivity contribution in [1.29, 1.82) is 0 Å². The fraction of sp³-hybridized carbons (Fsp3) is 0.382. The molecule has 0 saturated carbocycles. The van der Waals surface area contributed by atoms with Crippen LogP contribution in [0.2, 0.25) is 0 Å². The van der Waals surface area contributed by atoms with Gasteiger partial charge in [0.05, 0.1) is 5.56 Å². The van der Waals surface area contributed by atoms with Crippen molar-refractivity contribution in [2.75, 3.05) is 44.2 Å². The molecule has 9 nitrogen and oxygen atoms in total. The summed E-state index contributed by atoms with van der Waals surface area (Å²) >= 11 is 0. The van der Waals surface area contributed by atoms with Crippen molar-refractivity contribution in [1.82, 2.24) is 10.2 Å². The predicted octanol–water partition coefficient (Wildman–Crippen LogP) is 5.60. The highest BCUT2D eigenvalue weighted by Gasteiger charge is 2.54. The fourth-order valence-corrected chi connectivity index (χ4v) is 6.81. The highest BCUT2D eigenvalue weighted by Crippen LogP contribution is 2.45. The molecule has 2 saturated heterocycles. The maximum absolute atomic E-state index is 13.1. The van der Waals surface area contributed by atoms with Crippen LogP contribution in [0.15, 0.2) is 72.8 Å². The summed E-state index contributed by atoms with van der Waals surface area (Å²) in [6.45, 7) is 8.28. The summed E-state index contributed by atoms with van der Waals surface area (Å²) < 4.78 is 11.5. The molecule has 0 bridgehead atoms. The molecule has 2 aliphatic heterocycles. The first-order chi connectivity index (χ1) is 20.5. The van der Waals surface area contributed by atoms with Gasteiger partial charge in [0, 0.05) is 55.7 Å². The number of carbonyl (C=O) groups is 3. The maximum Gasteiger partial charge on any atom is 0.410 e. The molecule has 0 aromatic heterocycles. The van der Waals surface area contributed by atoms with E-state index in [2.05, 4.69) is 34.5 Å². The lowest BCUT2D eigenvalue weighted by molar-refractivity contribution is 0.0271. The van der Waals surface area contributed by atoms with Gasteiger partial charge < -0.3 is 29.7 Å². The van der Waals surface area contributed by atoms with E-state index in [1.54, 1.807) is 17.0 Å². The lowest BCUT2D eigenvalue weighted by Gasteiger charge is -2.31. The third-order valence-corrected chi connectivity index (χ3v) is 8.82. The fourth-order valence-electron chi connectivity index (χ4n) is 6.81. The number of hydrogen-bond acceptors (Lipinski definition) is 6. The molecule has 3 aliphatic rings. The van der Waals surface area contributed by atoms with Gasteiger partial charge in [-0.3, -0.25) is 0 Å². The van der Waals surface area contributed by atoms with Gasteiger partial charge in [-0.05, 0) is 67.3 Å². The summed E-state index contributed by atoms with van der Waals surface area (Å²) in [6, 6.07) is 23.3. The number of nitrogens with one attached hydrogen (secondary N) is 1. The van der Waals surface area contributed by atoms with Gasteiger partial charge in [0.15, 0.2) is 0 Å². The van der Waals surface area contributed by atoms with E-state index in [0.717, 1.165) is 16.8 Å². The molecule has 2 fully saturated rings. The van der Waals surface area contributed by atoms with Crippen molar-refractivity contribution >= 4 is 23.8 Å². The number of carboxylic acid groups (broad SMARTS) is 1. The molecule has 0 spiro atoms. The van der Waals surface area contributed by atoms with Gasteiger partial charge in [0.1, 0.15) is 12.2 Å². The molecule has 3 aromatic rings. The number of carbonyl (C=O) groups excluding carboxylic acids is 2. The molecule has 0 radical (unpaired) electrons. The Morgan fingerprint density at radius 1 is 0.907 bits per heavy atom. The molecule has 1 aliphatic carbocycles. The molecule has 3 aromatic carbocycles. The van der Waals surface area contributed by atoms with E-state index in [1.807, 2.05) is 57.2 Å². The number of ether oxygens (including phenoxy) is 2. The zero-order valence-electron chi connectivity index (χ0n) is 24.7. The Labute approximate surface area is 251 Å². The maximum atomic E-state index is 13.1. The first-order valence-electron chi connectivity index (χ1n) is 14.7. The number of anilines is 1. The zero-order chi connectivity index (χ0) is 30.4. The Morgan fingerprint density at radius 2 is 1.53 bits per heavy atom. The number of rotatable bonds is 6. The average Bonchev–Trinajstić information content (AvgIpc) is 3.61. The van der Waals surface area contributed by atoms with Crippen LogP contribution in [-0.4, -0.2) is 73.1 Å².